The molecule has 33 heavy (non-hydrogen) atoms. The molecule has 0 aliphatic rings. The van der Waals surface area contributed by atoms with Crippen LogP contribution < -0.4 is 4.74 Å². The van der Waals surface area contributed by atoms with E-state index in [2.05, 4.69) is 6.58 Å². The molecule has 4 heteroatoms. The van der Waals surface area contributed by atoms with Gasteiger partial charge in [-0.2, -0.15) is 0 Å². The summed E-state index contributed by atoms with van der Waals surface area (Å²) in [5, 5.41) is 0. The minimum atomic E-state index is -0.590. The van der Waals surface area contributed by atoms with E-state index in [1.54, 1.807) is 48.5 Å². The van der Waals surface area contributed by atoms with Gasteiger partial charge in [0.1, 0.15) is 5.75 Å². The summed E-state index contributed by atoms with van der Waals surface area (Å²) < 4.78 is 5.06. The molecule has 0 aliphatic carbocycles. The molecule has 0 bridgehead atoms. The minimum Gasteiger partial charge on any atom is -0.423 e. The average molecular weight is 434 g/mol. The second-order valence-electron chi connectivity index (χ2n) is 6.88. The summed E-state index contributed by atoms with van der Waals surface area (Å²) >= 11 is 0. The Morgan fingerprint density at radius 3 is 1.39 bits per heavy atom. The fourth-order valence-corrected chi connectivity index (χ4v) is 2.98. The molecule has 0 N–H and O–H groups in total. The highest BCUT2D eigenvalue weighted by Crippen LogP contribution is 2.21. The molecule has 4 aromatic carbocycles. The number of para-hydroxylation sites is 1. The van der Waals surface area contributed by atoms with Gasteiger partial charge in [-0.25, -0.2) is 4.79 Å². The standard InChI is InChI=1S/C16H12O3.C13H10O/c1-2-15(17)19-14-11-7-6-10-13(14)16(18)12-8-4-3-5-9-12;14-13(11-7-3-1-4-8-11)12-9-5-2-6-10-12/h2-11H,1H2;1-10H. The highest BCUT2D eigenvalue weighted by molar-refractivity contribution is 6.11. The van der Waals surface area contributed by atoms with Crippen molar-refractivity contribution in [2.75, 3.05) is 0 Å². The second kappa shape index (κ2) is 11.7. The number of benzene rings is 4. The molecule has 0 atom stereocenters. The topological polar surface area (TPSA) is 60.4 Å². The normalized spacial score (nSPS) is 9.70. The monoisotopic (exact) mass is 434 g/mol. The number of ether oxygens (including phenoxy) is 1. The molecule has 0 amide bonds. The lowest BCUT2D eigenvalue weighted by molar-refractivity contribution is -0.128. The van der Waals surface area contributed by atoms with Crippen LogP contribution >= 0.6 is 0 Å². The molecule has 0 aromatic heterocycles. The third kappa shape index (κ3) is 6.45. The molecule has 0 saturated heterocycles. The number of carbonyl (C=O) groups excluding carboxylic acids is 3. The van der Waals surface area contributed by atoms with Crippen LogP contribution in [0.15, 0.2) is 128 Å². The van der Waals surface area contributed by atoms with Crippen molar-refractivity contribution in [3.8, 4) is 5.75 Å². The van der Waals surface area contributed by atoms with Gasteiger partial charge in [-0.3, -0.25) is 9.59 Å². The van der Waals surface area contributed by atoms with Gasteiger partial charge in [-0.05, 0) is 12.1 Å². The van der Waals surface area contributed by atoms with Crippen LogP contribution in [0.4, 0.5) is 0 Å². The predicted molar refractivity (Wildman–Crippen MR) is 128 cm³/mol. The molecule has 0 fully saturated rings. The lowest BCUT2D eigenvalue weighted by atomic mass is 10.0. The van der Waals surface area contributed by atoms with Crippen LogP contribution in [0.3, 0.4) is 0 Å². The van der Waals surface area contributed by atoms with E-state index in [1.807, 2.05) is 66.7 Å². The minimum absolute atomic E-state index is 0.0752. The number of rotatable bonds is 6. The van der Waals surface area contributed by atoms with Crippen molar-refractivity contribution in [1.29, 1.82) is 0 Å². The predicted octanol–water partition coefficient (Wildman–Crippen LogP) is 5.93. The van der Waals surface area contributed by atoms with Gasteiger partial charge in [0.2, 0.25) is 0 Å². The Hall–Kier alpha value is -4.57. The highest BCUT2D eigenvalue weighted by atomic mass is 16.5. The van der Waals surface area contributed by atoms with E-state index in [-0.39, 0.29) is 17.3 Å². The molecule has 4 aromatic rings. The van der Waals surface area contributed by atoms with Crippen LogP contribution in [-0.2, 0) is 4.79 Å². The summed E-state index contributed by atoms with van der Waals surface area (Å²) in [6, 6.07) is 34.1. The fraction of sp³-hybridized carbons (Fsp3) is 0. The van der Waals surface area contributed by atoms with Gasteiger partial charge in [0.15, 0.2) is 11.6 Å². The quantitative estimate of drug-likeness (QED) is 0.163. The van der Waals surface area contributed by atoms with Crippen LogP contribution in [0.2, 0.25) is 0 Å². The first-order valence-electron chi connectivity index (χ1n) is 10.3. The van der Waals surface area contributed by atoms with E-state index in [4.69, 9.17) is 4.74 Å². The van der Waals surface area contributed by atoms with Gasteiger partial charge in [0, 0.05) is 22.8 Å². The lowest BCUT2D eigenvalue weighted by Gasteiger charge is -2.07. The van der Waals surface area contributed by atoms with Crippen LogP contribution in [0.25, 0.3) is 0 Å². The molecule has 4 nitrogen and oxygen atoms in total. The first kappa shape index (κ1) is 23.1. The molecular weight excluding hydrogens is 412 g/mol. The zero-order chi connectivity index (χ0) is 23.5. The largest absolute Gasteiger partial charge is 0.423 e. The number of hydrogen-bond donors (Lipinski definition) is 0. The molecule has 0 aliphatic heterocycles. The molecule has 0 unspecified atom stereocenters. The van der Waals surface area contributed by atoms with E-state index in [1.165, 1.54) is 0 Å². The number of hydrogen-bond acceptors (Lipinski definition) is 4. The Kier molecular flexibility index (Phi) is 8.21. The van der Waals surface area contributed by atoms with Crippen LogP contribution in [-0.4, -0.2) is 17.5 Å². The van der Waals surface area contributed by atoms with Crippen molar-refractivity contribution in [1.82, 2.24) is 0 Å². The van der Waals surface area contributed by atoms with E-state index in [0.29, 0.717) is 11.1 Å². The third-order valence-corrected chi connectivity index (χ3v) is 4.62. The number of carbonyl (C=O) groups is 3. The second-order valence-corrected chi connectivity index (χ2v) is 6.88. The lowest BCUT2D eigenvalue weighted by Crippen LogP contribution is -2.09. The first-order chi connectivity index (χ1) is 16.1. The first-order valence-corrected chi connectivity index (χ1v) is 10.3. The van der Waals surface area contributed by atoms with Gasteiger partial charge < -0.3 is 4.74 Å². The summed E-state index contributed by atoms with van der Waals surface area (Å²) in [4.78, 5) is 35.4. The molecule has 0 heterocycles. The van der Waals surface area contributed by atoms with Crippen LogP contribution in [0.5, 0.6) is 5.75 Å². The van der Waals surface area contributed by atoms with Gasteiger partial charge in [-0.15, -0.1) is 0 Å². The Labute approximate surface area is 192 Å². The van der Waals surface area contributed by atoms with E-state index in [9.17, 15) is 14.4 Å². The Bertz CT molecular complexity index is 1190. The summed E-state index contributed by atoms with van der Waals surface area (Å²) in [7, 11) is 0. The van der Waals surface area contributed by atoms with Crippen molar-refractivity contribution in [2.45, 2.75) is 0 Å². The summed E-state index contributed by atoms with van der Waals surface area (Å²) in [5.41, 5.74) is 2.37. The summed E-state index contributed by atoms with van der Waals surface area (Å²) in [6.45, 7) is 3.33. The molecule has 0 spiro atoms. The Morgan fingerprint density at radius 1 is 0.545 bits per heavy atom. The zero-order valence-electron chi connectivity index (χ0n) is 17.9. The van der Waals surface area contributed by atoms with E-state index in [0.717, 1.165) is 17.2 Å². The number of esters is 1. The van der Waals surface area contributed by atoms with Crippen LogP contribution in [0.1, 0.15) is 31.8 Å². The van der Waals surface area contributed by atoms with E-state index >= 15 is 0 Å². The SMILES string of the molecule is C=CC(=O)Oc1ccccc1C(=O)c1ccccc1.O=C(c1ccccc1)c1ccccc1. The molecule has 162 valence electrons. The summed E-state index contributed by atoms with van der Waals surface area (Å²) in [6.07, 6.45) is 1.06. The summed E-state index contributed by atoms with van der Waals surface area (Å²) in [5.74, 6) is -0.464. The zero-order valence-corrected chi connectivity index (χ0v) is 17.9. The molecule has 4 rings (SSSR count). The maximum Gasteiger partial charge on any atom is 0.335 e. The molecule has 0 saturated carbocycles. The van der Waals surface area contributed by atoms with Crippen molar-refractivity contribution in [3.63, 3.8) is 0 Å². The fourth-order valence-electron chi connectivity index (χ4n) is 2.98. The van der Waals surface area contributed by atoms with Crippen molar-refractivity contribution >= 4 is 17.5 Å². The maximum atomic E-state index is 12.3. The van der Waals surface area contributed by atoms with Gasteiger partial charge in [0.05, 0.1) is 5.56 Å². The smallest absolute Gasteiger partial charge is 0.335 e. The maximum absolute atomic E-state index is 12.3. The average Bonchev–Trinajstić information content (AvgIpc) is 2.90. The number of ketones is 2. The van der Waals surface area contributed by atoms with Crippen LogP contribution in [0, 0.1) is 0 Å². The van der Waals surface area contributed by atoms with Crippen molar-refractivity contribution in [3.05, 3.63) is 150 Å². The molecule has 0 radical (unpaired) electrons. The van der Waals surface area contributed by atoms with Crippen molar-refractivity contribution in [2.24, 2.45) is 0 Å². The van der Waals surface area contributed by atoms with Gasteiger partial charge in [-0.1, -0.05) is 110 Å². The van der Waals surface area contributed by atoms with Gasteiger partial charge in [0.25, 0.3) is 0 Å². The molecular formula is C29H22O4. The van der Waals surface area contributed by atoms with Crippen molar-refractivity contribution < 1.29 is 19.1 Å². The van der Waals surface area contributed by atoms with E-state index < -0.39 is 5.97 Å². The Morgan fingerprint density at radius 2 is 0.939 bits per heavy atom. The highest BCUT2D eigenvalue weighted by Gasteiger charge is 2.15. The Balaban J connectivity index is 0.000000194. The van der Waals surface area contributed by atoms with Gasteiger partial charge >= 0.3 is 5.97 Å². The third-order valence-electron chi connectivity index (χ3n) is 4.62.